The second kappa shape index (κ2) is 3.71. The molecule has 1 aromatic rings. The van der Waals surface area contributed by atoms with Crippen LogP contribution in [0.1, 0.15) is 6.42 Å². The Bertz CT molecular complexity index is 329. The summed E-state index contributed by atoms with van der Waals surface area (Å²) in [5.74, 6) is 0.259. The number of rotatable bonds is 3. The van der Waals surface area contributed by atoms with E-state index in [0.29, 0.717) is 6.54 Å². The Morgan fingerprint density at radius 3 is 3.08 bits per heavy atom. The van der Waals surface area contributed by atoms with Gasteiger partial charge in [0, 0.05) is 12.7 Å². The third kappa shape index (κ3) is 1.95. The topological polar surface area (TPSA) is 60.9 Å². The van der Waals surface area contributed by atoms with Crippen LogP contribution in [0.4, 0.5) is 5.82 Å². The highest BCUT2D eigenvalue weighted by atomic mass is 16.1. The van der Waals surface area contributed by atoms with Crippen molar-refractivity contribution in [2.45, 2.75) is 13.0 Å². The van der Waals surface area contributed by atoms with E-state index < -0.39 is 0 Å². The highest BCUT2D eigenvalue weighted by molar-refractivity contribution is 5.23. The van der Waals surface area contributed by atoms with Gasteiger partial charge in [-0.2, -0.15) is 4.98 Å². The maximum absolute atomic E-state index is 11.1. The Kier molecular flexibility index (Phi) is 2.63. The summed E-state index contributed by atoms with van der Waals surface area (Å²) in [4.78, 5) is 14.7. The van der Waals surface area contributed by atoms with E-state index in [9.17, 15) is 4.79 Å². The highest BCUT2D eigenvalue weighted by Gasteiger charge is 1.94. The van der Waals surface area contributed by atoms with Crippen molar-refractivity contribution in [3.63, 3.8) is 0 Å². The first-order chi connectivity index (χ1) is 5.74. The average Bonchev–Trinajstić information content (AvgIpc) is 2.03. The van der Waals surface area contributed by atoms with Crippen LogP contribution in [0.3, 0.4) is 0 Å². The molecular formula is C8H11N3O. The van der Waals surface area contributed by atoms with Crippen molar-refractivity contribution in [1.29, 1.82) is 0 Å². The van der Waals surface area contributed by atoms with Gasteiger partial charge in [-0.3, -0.25) is 4.57 Å². The summed E-state index contributed by atoms with van der Waals surface area (Å²) in [6.07, 6.45) is 4.14. The number of hydrogen-bond acceptors (Lipinski definition) is 3. The van der Waals surface area contributed by atoms with Gasteiger partial charge < -0.3 is 5.73 Å². The smallest absolute Gasteiger partial charge is 0.349 e. The van der Waals surface area contributed by atoms with E-state index in [1.807, 2.05) is 0 Å². The molecule has 0 spiro atoms. The predicted molar refractivity (Wildman–Crippen MR) is 47.7 cm³/mol. The van der Waals surface area contributed by atoms with Gasteiger partial charge in [0.25, 0.3) is 0 Å². The largest absolute Gasteiger partial charge is 0.383 e. The van der Waals surface area contributed by atoms with E-state index in [2.05, 4.69) is 11.6 Å². The van der Waals surface area contributed by atoms with Crippen LogP contribution in [0, 0.1) is 0 Å². The SMILES string of the molecule is C=CCCn1ccc(N)nc1=O. The Hall–Kier alpha value is -1.58. The molecule has 1 heterocycles. The summed E-state index contributed by atoms with van der Waals surface area (Å²) in [6, 6.07) is 1.60. The monoisotopic (exact) mass is 165 g/mol. The van der Waals surface area contributed by atoms with Crippen molar-refractivity contribution in [3.8, 4) is 0 Å². The normalized spacial score (nSPS) is 9.67. The molecular weight excluding hydrogens is 154 g/mol. The van der Waals surface area contributed by atoms with E-state index >= 15 is 0 Å². The molecule has 0 aliphatic rings. The quantitative estimate of drug-likeness (QED) is 0.659. The number of aromatic nitrogens is 2. The lowest BCUT2D eigenvalue weighted by Gasteiger charge is -2.01. The molecule has 0 unspecified atom stereocenters. The minimum absolute atomic E-state index is 0.259. The summed E-state index contributed by atoms with van der Waals surface area (Å²) in [5.41, 5.74) is 5.00. The van der Waals surface area contributed by atoms with E-state index in [1.165, 1.54) is 4.57 Å². The molecule has 0 aromatic carbocycles. The molecule has 0 saturated heterocycles. The molecule has 4 nitrogen and oxygen atoms in total. The fourth-order valence-corrected chi connectivity index (χ4v) is 0.843. The third-order valence-corrected chi connectivity index (χ3v) is 1.47. The number of nitrogens with two attached hydrogens (primary N) is 1. The first-order valence-electron chi connectivity index (χ1n) is 3.68. The van der Waals surface area contributed by atoms with Gasteiger partial charge in [0.2, 0.25) is 0 Å². The number of aryl methyl sites for hydroxylation is 1. The van der Waals surface area contributed by atoms with Crippen LogP contribution >= 0.6 is 0 Å². The molecule has 4 heteroatoms. The first kappa shape index (κ1) is 8.52. The van der Waals surface area contributed by atoms with Crippen molar-refractivity contribution in [3.05, 3.63) is 35.4 Å². The van der Waals surface area contributed by atoms with Gasteiger partial charge in [0.05, 0.1) is 0 Å². The van der Waals surface area contributed by atoms with Crippen molar-refractivity contribution in [2.24, 2.45) is 0 Å². The molecule has 64 valence electrons. The van der Waals surface area contributed by atoms with Crippen LogP contribution in [0.2, 0.25) is 0 Å². The fourth-order valence-electron chi connectivity index (χ4n) is 0.843. The Morgan fingerprint density at radius 2 is 2.50 bits per heavy atom. The second-order valence-electron chi connectivity index (χ2n) is 2.41. The molecule has 0 aliphatic carbocycles. The lowest BCUT2D eigenvalue weighted by atomic mass is 10.4. The number of anilines is 1. The molecule has 1 aromatic heterocycles. The zero-order chi connectivity index (χ0) is 8.97. The zero-order valence-corrected chi connectivity index (χ0v) is 6.73. The molecule has 0 fully saturated rings. The summed E-state index contributed by atoms with van der Waals surface area (Å²) in [5, 5.41) is 0. The molecule has 0 atom stereocenters. The van der Waals surface area contributed by atoms with Crippen LogP contribution in [0.15, 0.2) is 29.7 Å². The van der Waals surface area contributed by atoms with Crippen LogP contribution in [0.25, 0.3) is 0 Å². The summed E-state index contributed by atoms with van der Waals surface area (Å²) >= 11 is 0. The van der Waals surface area contributed by atoms with Gasteiger partial charge in [0.1, 0.15) is 5.82 Å². The van der Waals surface area contributed by atoms with Crippen LogP contribution in [-0.2, 0) is 6.54 Å². The van der Waals surface area contributed by atoms with Crippen LogP contribution < -0.4 is 11.4 Å². The number of allylic oxidation sites excluding steroid dienone is 1. The summed E-state index contributed by atoms with van der Waals surface area (Å²) in [6.45, 7) is 4.17. The molecule has 0 aliphatic heterocycles. The van der Waals surface area contributed by atoms with E-state index in [4.69, 9.17) is 5.73 Å². The van der Waals surface area contributed by atoms with Crippen molar-refractivity contribution >= 4 is 5.82 Å². The molecule has 0 radical (unpaired) electrons. The number of nitrogens with zero attached hydrogens (tertiary/aromatic N) is 2. The van der Waals surface area contributed by atoms with Crippen molar-refractivity contribution in [1.82, 2.24) is 9.55 Å². The van der Waals surface area contributed by atoms with Gasteiger partial charge in [-0.05, 0) is 12.5 Å². The number of hydrogen-bond donors (Lipinski definition) is 1. The molecule has 0 bridgehead atoms. The second-order valence-corrected chi connectivity index (χ2v) is 2.41. The minimum Gasteiger partial charge on any atom is -0.383 e. The van der Waals surface area contributed by atoms with Crippen molar-refractivity contribution in [2.75, 3.05) is 5.73 Å². The van der Waals surface area contributed by atoms with E-state index in [-0.39, 0.29) is 11.5 Å². The Balaban J connectivity index is 2.86. The third-order valence-electron chi connectivity index (χ3n) is 1.47. The summed E-state index contributed by atoms with van der Waals surface area (Å²) < 4.78 is 1.50. The Morgan fingerprint density at radius 1 is 1.75 bits per heavy atom. The van der Waals surface area contributed by atoms with Crippen molar-refractivity contribution < 1.29 is 0 Å². The first-order valence-corrected chi connectivity index (χ1v) is 3.68. The van der Waals surface area contributed by atoms with E-state index in [1.54, 1.807) is 18.3 Å². The van der Waals surface area contributed by atoms with Crippen LogP contribution in [0.5, 0.6) is 0 Å². The standard InChI is InChI=1S/C8H11N3O/c1-2-3-5-11-6-4-7(9)10-8(11)12/h2,4,6H,1,3,5H2,(H2,9,10,12). The zero-order valence-electron chi connectivity index (χ0n) is 6.73. The predicted octanol–water partition coefficient (Wildman–Crippen LogP) is 0.402. The minimum atomic E-state index is -0.308. The molecule has 0 amide bonds. The lowest BCUT2D eigenvalue weighted by Crippen LogP contribution is -2.22. The van der Waals surface area contributed by atoms with Gasteiger partial charge in [-0.1, -0.05) is 6.08 Å². The summed E-state index contributed by atoms with van der Waals surface area (Å²) in [7, 11) is 0. The molecule has 0 saturated carbocycles. The number of nitrogen functional groups attached to an aromatic ring is 1. The lowest BCUT2D eigenvalue weighted by molar-refractivity contribution is 0.661. The highest BCUT2D eigenvalue weighted by Crippen LogP contribution is 1.91. The van der Waals surface area contributed by atoms with Gasteiger partial charge in [-0.25, -0.2) is 4.79 Å². The molecule has 12 heavy (non-hydrogen) atoms. The molecule has 2 N–H and O–H groups in total. The maximum Gasteiger partial charge on any atom is 0.349 e. The van der Waals surface area contributed by atoms with Gasteiger partial charge in [0.15, 0.2) is 0 Å². The van der Waals surface area contributed by atoms with E-state index in [0.717, 1.165) is 6.42 Å². The van der Waals surface area contributed by atoms with Crippen LogP contribution in [-0.4, -0.2) is 9.55 Å². The van der Waals surface area contributed by atoms with Gasteiger partial charge >= 0.3 is 5.69 Å². The maximum atomic E-state index is 11.1. The Labute approximate surface area is 70.4 Å². The van der Waals surface area contributed by atoms with Gasteiger partial charge in [-0.15, -0.1) is 6.58 Å². The fraction of sp³-hybridized carbons (Fsp3) is 0.250. The molecule has 1 rings (SSSR count). The average molecular weight is 165 g/mol.